The highest BCUT2D eigenvalue weighted by molar-refractivity contribution is 6.20. The lowest BCUT2D eigenvalue weighted by molar-refractivity contribution is -0.128. The van der Waals surface area contributed by atoms with Gasteiger partial charge in [0.05, 0.1) is 18.1 Å². The maximum absolute atomic E-state index is 14.0. The summed E-state index contributed by atoms with van der Waals surface area (Å²) in [5, 5.41) is 10.8. The van der Waals surface area contributed by atoms with Crippen LogP contribution in [0.1, 0.15) is 77.0 Å². The third kappa shape index (κ3) is 7.96. The van der Waals surface area contributed by atoms with E-state index in [1.54, 1.807) is 0 Å². The maximum atomic E-state index is 14.0. The van der Waals surface area contributed by atoms with Crippen LogP contribution in [0.15, 0.2) is 0 Å². The van der Waals surface area contributed by atoms with E-state index in [1.165, 1.54) is 64.5 Å². The number of likely N-dealkylation sites (N-methyl/N-ethyl adjacent to an activating group) is 1. The van der Waals surface area contributed by atoms with Gasteiger partial charge in [0.25, 0.3) is 0 Å². The minimum Gasteiger partial charge on any atom is -0.350 e. The maximum Gasteiger partial charge on any atom is 0.227 e. The molecule has 0 radical (unpaired) electrons. The molecule has 10 heteroatoms. The number of piperidine rings is 2. The van der Waals surface area contributed by atoms with Crippen LogP contribution in [0.2, 0.25) is 0 Å². The van der Waals surface area contributed by atoms with Crippen molar-refractivity contribution in [2.45, 2.75) is 119 Å². The van der Waals surface area contributed by atoms with Crippen LogP contribution in [0.25, 0.3) is 0 Å². The van der Waals surface area contributed by atoms with Gasteiger partial charge in [-0.15, -0.1) is 11.6 Å². The molecule has 6 atom stereocenters. The molecule has 7 N–H and O–H groups in total. The van der Waals surface area contributed by atoms with Gasteiger partial charge >= 0.3 is 0 Å². The minimum atomic E-state index is -0.710. The number of nitrogens with one attached hydrogen (secondary N) is 3. The third-order valence-corrected chi connectivity index (χ3v) is 11.9. The molecule has 0 aromatic carbocycles. The summed E-state index contributed by atoms with van der Waals surface area (Å²) in [6, 6.07) is 1.75. The predicted octanol–water partition coefficient (Wildman–Crippen LogP) is 1.49. The Kier molecular flexibility index (Phi) is 11.3. The summed E-state index contributed by atoms with van der Waals surface area (Å²) in [6.07, 6.45) is 13.5. The van der Waals surface area contributed by atoms with E-state index in [0.29, 0.717) is 24.7 Å². The molecule has 0 aromatic heterocycles. The third-order valence-electron chi connectivity index (χ3n) is 11.5. The monoisotopic (exact) mass is 594 g/mol. The molecule has 1 saturated carbocycles. The number of alkyl halides is 1. The molecule has 1 aliphatic carbocycles. The Morgan fingerprint density at radius 3 is 2.39 bits per heavy atom. The molecule has 4 saturated heterocycles. The van der Waals surface area contributed by atoms with Crippen molar-refractivity contribution >= 4 is 17.5 Å². The van der Waals surface area contributed by atoms with Crippen LogP contribution in [0, 0.1) is 11.3 Å². The van der Waals surface area contributed by atoms with Crippen LogP contribution in [-0.2, 0) is 4.79 Å². The predicted molar refractivity (Wildman–Crippen MR) is 168 cm³/mol. The molecule has 41 heavy (non-hydrogen) atoms. The number of rotatable bonds is 7. The van der Waals surface area contributed by atoms with Gasteiger partial charge in [0.15, 0.2) is 0 Å². The van der Waals surface area contributed by atoms with Gasteiger partial charge in [-0.05, 0) is 83.8 Å². The lowest BCUT2D eigenvalue weighted by atomic mass is 9.65. The second-order valence-electron chi connectivity index (χ2n) is 14.4. The van der Waals surface area contributed by atoms with E-state index in [0.717, 1.165) is 51.9 Å². The van der Waals surface area contributed by atoms with E-state index in [-0.39, 0.29) is 28.8 Å². The Morgan fingerprint density at radius 2 is 1.71 bits per heavy atom. The van der Waals surface area contributed by atoms with Crippen LogP contribution < -0.4 is 27.4 Å². The molecule has 1 spiro atoms. The first kappa shape index (κ1) is 31.9. The number of nitrogens with two attached hydrogens (primary N) is 2. The molecule has 1 amide bonds. The second kappa shape index (κ2) is 14.5. The Hall–Kier alpha value is -0.520. The quantitative estimate of drug-likeness (QED) is 0.223. The topological polar surface area (TPSA) is 115 Å². The lowest BCUT2D eigenvalue weighted by Crippen LogP contribution is -2.65. The van der Waals surface area contributed by atoms with Crippen LogP contribution in [0.4, 0.5) is 0 Å². The van der Waals surface area contributed by atoms with Crippen molar-refractivity contribution < 1.29 is 4.79 Å². The highest BCUT2D eigenvalue weighted by atomic mass is 35.5. The molecule has 4 heterocycles. The van der Waals surface area contributed by atoms with Crippen molar-refractivity contribution in [2.24, 2.45) is 22.8 Å². The molecular weight excluding hydrogens is 536 g/mol. The molecule has 236 valence electrons. The molecule has 5 fully saturated rings. The van der Waals surface area contributed by atoms with Crippen molar-refractivity contribution in [1.29, 1.82) is 0 Å². The van der Waals surface area contributed by atoms with E-state index in [1.807, 2.05) is 0 Å². The lowest BCUT2D eigenvalue weighted by Gasteiger charge is -2.46. The number of carbonyl (C=O) groups excluding carboxylic acids is 1. The fraction of sp³-hybridized carbons (Fsp3) is 0.968. The molecule has 5 aliphatic rings. The normalized spacial score (nSPS) is 35.4. The van der Waals surface area contributed by atoms with E-state index in [2.05, 4.69) is 44.7 Å². The van der Waals surface area contributed by atoms with Gasteiger partial charge in [0.2, 0.25) is 5.91 Å². The van der Waals surface area contributed by atoms with Gasteiger partial charge in [-0.1, -0.05) is 19.3 Å². The summed E-state index contributed by atoms with van der Waals surface area (Å²) in [5.41, 5.74) is 13.1. The van der Waals surface area contributed by atoms with Crippen molar-refractivity contribution in [3.8, 4) is 0 Å². The van der Waals surface area contributed by atoms with E-state index in [4.69, 9.17) is 23.1 Å². The number of hydrogen-bond donors (Lipinski definition) is 5. The molecule has 9 nitrogen and oxygen atoms in total. The second-order valence-corrected chi connectivity index (χ2v) is 15.0. The number of hydrogen-bond acceptors (Lipinski definition) is 8. The van der Waals surface area contributed by atoms with Crippen LogP contribution >= 0.6 is 11.6 Å². The Balaban J connectivity index is 1.21. The van der Waals surface area contributed by atoms with Crippen molar-refractivity contribution in [3.05, 3.63) is 0 Å². The van der Waals surface area contributed by atoms with Gasteiger partial charge in [0.1, 0.15) is 0 Å². The van der Waals surface area contributed by atoms with Crippen LogP contribution in [-0.4, -0.2) is 122 Å². The number of carbonyl (C=O) groups is 1. The molecule has 0 aromatic rings. The minimum absolute atomic E-state index is 0.00975. The fourth-order valence-corrected chi connectivity index (χ4v) is 9.13. The SMILES string of the molecule is CN(C)C1CCN(C2CCN(C3CCNCC3NC(=O)C(C(N)N)C3CC4(CCCCC4)CCC(Cl)CN3)CC2)C1. The number of halogens is 1. The van der Waals surface area contributed by atoms with Gasteiger partial charge in [-0.2, -0.15) is 0 Å². The zero-order valence-corrected chi connectivity index (χ0v) is 26.6. The summed E-state index contributed by atoms with van der Waals surface area (Å²) in [5.74, 6) is -0.459. The standard InChI is InChI=1S/C31H59ClN8O/c1-38(2)24-10-17-40(21-24)23-8-15-39(16-9-23)27-7-14-35-20-26(27)37-30(41)28(29(33)34)25-18-31(11-4-3-5-12-31)13-6-22(32)19-36-25/h22-29,35-36H,3-21,33-34H2,1-2H3,(H,37,41). The first-order chi connectivity index (χ1) is 19.7. The summed E-state index contributed by atoms with van der Waals surface area (Å²) < 4.78 is 0. The van der Waals surface area contributed by atoms with Crippen molar-refractivity contribution in [2.75, 3.05) is 59.9 Å². The number of nitrogens with zero attached hydrogens (tertiary/aromatic N) is 3. The fourth-order valence-electron chi connectivity index (χ4n) is 8.93. The average molecular weight is 595 g/mol. The highest BCUT2D eigenvalue weighted by Gasteiger charge is 2.43. The largest absolute Gasteiger partial charge is 0.350 e. The summed E-state index contributed by atoms with van der Waals surface area (Å²) in [4.78, 5) is 21.8. The Labute approximate surface area is 254 Å². The molecule has 5 rings (SSSR count). The molecule has 6 unspecified atom stereocenters. The Morgan fingerprint density at radius 1 is 0.976 bits per heavy atom. The smallest absolute Gasteiger partial charge is 0.227 e. The van der Waals surface area contributed by atoms with Gasteiger partial charge in [0, 0.05) is 68.8 Å². The zero-order chi connectivity index (χ0) is 29.0. The molecule has 0 bridgehead atoms. The number of amides is 1. The first-order valence-electron chi connectivity index (χ1n) is 16.8. The van der Waals surface area contributed by atoms with Crippen molar-refractivity contribution in [3.63, 3.8) is 0 Å². The van der Waals surface area contributed by atoms with Gasteiger partial charge < -0.3 is 32.3 Å². The van der Waals surface area contributed by atoms with Gasteiger partial charge in [-0.25, -0.2) is 0 Å². The van der Waals surface area contributed by atoms with Crippen molar-refractivity contribution in [1.82, 2.24) is 30.7 Å². The van der Waals surface area contributed by atoms with E-state index in [9.17, 15) is 4.79 Å². The molecular formula is C31H59ClN8O. The average Bonchev–Trinajstić information content (AvgIpc) is 3.46. The number of likely N-dealkylation sites (tertiary alicyclic amines) is 2. The Bertz CT molecular complexity index is 831. The van der Waals surface area contributed by atoms with E-state index < -0.39 is 12.1 Å². The highest BCUT2D eigenvalue weighted by Crippen LogP contribution is 2.46. The van der Waals surface area contributed by atoms with Crippen LogP contribution in [0.3, 0.4) is 0 Å². The zero-order valence-electron chi connectivity index (χ0n) is 25.8. The summed E-state index contributed by atoms with van der Waals surface area (Å²) in [7, 11) is 4.42. The molecule has 4 aliphatic heterocycles. The summed E-state index contributed by atoms with van der Waals surface area (Å²) in [6.45, 7) is 7.13. The summed E-state index contributed by atoms with van der Waals surface area (Å²) >= 11 is 6.71. The first-order valence-corrected chi connectivity index (χ1v) is 17.2. The van der Waals surface area contributed by atoms with Crippen LogP contribution in [0.5, 0.6) is 0 Å². The van der Waals surface area contributed by atoms with E-state index >= 15 is 0 Å². The van der Waals surface area contributed by atoms with Gasteiger partial charge in [-0.3, -0.25) is 14.6 Å².